The second kappa shape index (κ2) is 13.4. The van der Waals surface area contributed by atoms with E-state index in [0.29, 0.717) is 0 Å². The minimum absolute atomic E-state index is 0.753. The SMILES string of the molecule is C#C/C=C\c1c(C/C(C)=C/CC(/C=C\CC)=C(/C)NC(=C)CC)oc2c(CCC)cccc12. The lowest BCUT2D eigenvalue weighted by atomic mass is 10.0. The number of terminal acetylenes is 1. The maximum Gasteiger partial charge on any atom is 0.138 e. The third-order valence-corrected chi connectivity index (χ3v) is 5.72. The highest BCUT2D eigenvalue weighted by atomic mass is 16.3. The van der Waals surface area contributed by atoms with E-state index >= 15 is 0 Å². The molecule has 0 unspecified atom stereocenters. The van der Waals surface area contributed by atoms with E-state index in [1.165, 1.54) is 16.7 Å². The number of furan rings is 1. The predicted molar refractivity (Wildman–Crippen MR) is 145 cm³/mol. The molecular weight excluding hydrogens is 402 g/mol. The summed E-state index contributed by atoms with van der Waals surface area (Å²) in [7, 11) is 0. The van der Waals surface area contributed by atoms with Gasteiger partial charge >= 0.3 is 0 Å². The van der Waals surface area contributed by atoms with Crippen LogP contribution >= 0.6 is 0 Å². The van der Waals surface area contributed by atoms with E-state index in [4.69, 9.17) is 10.8 Å². The zero-order chi connectivity index (χ0) is 24.2. The van der Waals surface area contributed by atoms with Gasteiger partial charge in [-0.15, -0.1) is 6.42 Å². The van der Waals surface area contributed by atoms with Crippen LogP contribution in [0.15, 0.2) is 76.0 Å². The molecule has 2 rings (SSSR count). The molecule has 174 valence electrons. The lowest BCUT2D eigenvalue weighted by Gasteiger charge is -2.12. The van der Waals surface area contributed by atoms with Crippen molar-refractivity contribution in [2.24, 2.45) is 0 Å². The van der Waals surface area contributed by atoms with Crippen LogP contribution in [0.2, 0.25) is 0 Å². The summed E-state index contributed by atoms with van der Waals surface area (Å²) in [5, 5.41) is 4.58. The van der Waals surface area contributed by atoms with E-state index in [0.717, 1.165) is 72.2 Å². The molecule has 0 spiro atoms. The van der Waals surface area contributed by atoms with Gasteiger partial charge in [0, 0.05) is 28.8 Å². The first-order valence-electron chi connectivity index (χ1n) is 12.1. The molecule has 1 N–H and O–H groups in total. The number of fused-ring (bicyclic) bond motifs is 1. The van der Waals surface area contributed by atoms with Crippen LogP contribution in [0.25, 0.3) is 17.0 Å². The normalized spacial score (nSPS) is 13.0. The fourth-order valence-corrected chi connectivity index (χ4v) is 3.81. The lowest BCUT2D eigenvalue weighted by Crippen LogP contribution is -2.10. The Morgan fingerprint density at radius 3 is 2.67 bits per heavy atom. The smallest absolute Gasteiger partial charge is 0.138 e. The Morgan fingerprint density at radius 1 is 1.21 bits per heavy atom. The van der Waals surface area contributed by atoms with Crippen LogP contribution in [0.1, 0.15) is 77.2 Å². The number of allylic oxidation sites excluding steroid dienone is 8. The van der Waals surface area contributed by atoms with Crippen LogP contribution in [0.4, 0.5) is 0 Å². The predicted octanol–water partition coefficient (Wildman–Crippen LogP) is 8.66. The number of benzene rings is 1. The molecule has 0 aliphatic rings. The highest BCUT2D eigenvalue weighted by molar-refractivity contribution is 5.91. The first-order valence-corrected chi connectivity index (χ1v) is 12.1. The Kier molecular flexibility index (Phi) is 10.6. The van der Waals surface area contributed by atoms with Gasteiger partial charge in [0.2, 0.25) is 0 Å². The molecule has 0 fully saturated rings. The summed E-state index contributed by atoms with van der Waals surface area (Å²) in [6.45, 7) is 14.8. The molecule has 2 nitrogen and oxygen atoms in total. The topological polar surface area (TPSA) is 25.2 Å². The molecule has 33 heavy (non-hydrogen) atoms. The van der Waals surface area contributed by atoms with Crippen molar-refractivity contribution in [1.82, 2.24) is 5.32 Å². The van der Waals surface area contributed by atoms with Gasteiger partial charge in [0.25, 0.3) is 0 Å². The molecule has 2 heteroatoms. The number of nitrogens with one attached hydrogen (secondary N) is 1. The maximum atomic E-state index is 6.43. The molecule has 0 amide bonds. The van der Waals surface area contributed by atoms with Crippen LogP contribution in [0, 0.1) is 12.3 Å². The fourth-order valence-electron chi connectivity index (χ4n) is 3.81. The lowest BCUT2D eigenvalue weighted by molar-refractivity contribution is 0.555. The second-order valence-corrected chi connectivity index (χ2v) is 8.46. The van der Waals surface area contributed by atoms with Crippen LogP contribution in [-0.4, -0.2) is 0 Å². The van der Waals surface area contributed by atoms with Crippen molar-refractivity contribution < 1.29 is 4.42 Å². The standard InChI is InChI=1S/C31H39NO/c1-8-12-16-26(25(7)32-24(6)11-4)21-20-23(5)22-30-28(18-13-9-2)29-19-14-17-27(15-10-3)31(29)33-30/h2,12-14,16-20,32H,6,8,10-11,15,21-22H2,1,3-5,7H3/b16-12-,18-13-,23-20+,26-25-. The van der Waals surface area contributed by atoms with E-state index < -0.39 is 0 Å². The second-order valence-electron chi connectivity index (χ2n) is 8.46. The number of rotatable bonds is 12. The summed E-state index contributed by atoms with van der Waals surface area (Å²) < 4.78 is 6.43. The molecule has 0 bridgehead atoms. The van der Waals surface area contributed by atoms with Gasteiger partial charge in [-0.1, -0.05) is 81.7 Å². The number of aryl methyl sites for hydroxylation is 1. The first-order chi connectivity index (χ1) is 15.9. The molecule has 1 aromatic heterocycles. The van der Waals surface area contributed by atoms with Gasteiger partial charge in [0.1, 0.15) is 11.3 Å². The molecule has 0 radical (unpaired) electrons. The van der Waals surface area contributed by atoms with Crippen molar-refractivity contribution in [2.75, 3.05) is 0 Å². The zero-order valence-electron chi connectivity index (χ0n) is 21.1. The fraction of sp³-hybridized carbons (Fsp3) is 0.355. The molecule has 2 aromatic rings. The Labute approximate surface area is 200 Å². The number of para-hydroxylation sites is 1. The maximum absolute atomic E-state index is 6.43. The Bertz CT molecular complexity index is 1110. The highest BCUT2D eigenvalue weighted by Gasteiger charge is 2.15. The molecule has 0 saturated heterocycles. The first kappa shape index (κ1) is 26.1. The van der Waals surface area contributed by atoms with Crippen LogP contribution in [0.5, 0.6) is 0 Å². The molecule has 0 saturated carbocycles. The van der Waals surface area contributed by atoms with Gasteiger partial charge in [-0.05, 0) is 62.8 Å². The van der Waals surface area contributed by atoms with Gasteiger partial charge in [-0.2, -0.15) is 0 Å². The van der Waals surface area contributed by atoms with Crippen LogP contribution < -0.4 is 5.32 Å². The molecule has 1 aromatic carbocycles. The summed E-state index contributed by atoms with van der Waals surface area (Å²) in [4.78, 5) is 0. The molecule has 0 atom stereocenters. The zero-order valence-corrected chi connectivity index (χ0v) is 21.1. The minimum Gasteiger partial charge on any atom is -0.460 e. The molecule has 0 aliphatic heterocycles. The van der Waals surface area contributed by atoms with Crippen molar-refractivity contribution in [3.05, 3.63) is 88.5 Å². The highest BCUT2D eigenvalue weighted by Crippen LogP contribution is 2.32. The summed E-state index contributed by atoms with van der Waals surface area (Å²) in [6.07, 6.45) is 21.6. The Hall–Kier alpha value is -3.18. The largest absolute Gasteiger partial charge is 0.460 e. The van der Waals surface area contributed by atoms with E-state index in [9.17, 15) is 0 Å². The van der Waals surface area contributed by atoms with Gasteiger partial charge in [-0.25, -0.2) is 0 Å². The monoisotopic (exact) mass is 441 g/mol. The molecule has 0 aliphatic carbocycles. The van der Waals surface area contributed by atoms with Crippen molar-refractivity contribution in [1.29, 1.82) is 0 Å². The summed E-state index contributed by atoms with van der Waals surface area (Å²) >= 11 is 0. The van der Waals surface area contributed by atoms with E-state index in [1.54, 1.807) is 6.08 Å². The van der Waals surface area contributed by atoms with Crippen molar-refractivity contribution >= 4 is 17.0 Å². The van der Waals surface area contributed by atoms with Gasteiger partial charge < -0.3 is 9.73 Å². The Balaban J connectivity index is 2.37. The van der Waals surface area contributed by atoms with Gasteiger partial charge in [0.05, 0.1) is 0 Å². The molecular formula is C31H39NO. The van der Waals surface area contributed by atoms with Crippen LogP contribution in [-0.2, 0) is 12.8 Å². The third-order valence-electron chi connectivity index (χ3n) is 5.72. The van der Waals surface area contributed by atoms with Gasteiger partial charge in [-0.3, -0.25) is 0 Å². The summed E-state index contributed by atoms with van der Waals surface area (Å²) in [5.74, 6) is 3.59. The van der Waals surface area contributed by atoms with E-state index in [1.807, 2.05) is 6.08 Å². The minimum atomic E-state index is 0.753. The number of hydrogen-bond donors (Lipinski definition) is 1. The van der Waals surface area contributed by atoms with Crippen molar-refractivity contribution in [3.63, 3.8) is 0 Å². The van der Waals surface area contributed by atoms with E-state index in [2.05, 4.69) is 88.9 Å². The summed E-state index contributed by atoms with van der Waals surface area (Å²) in [5.41, 5.74) is 8.06. The number of hydrogen-bond acceptors (Lipinski definition) is 2. The van der Waals surface area contributed by atoms with Crippen LogP contribution in [0.3, 0.4) is 0 Å². The summed E-state index contributed by atoms with van der Waals surface area (Å²) in [6, 6.07) is 6.40. The average molecular weight is 442 g/mol. The van der Waals surface area contributed by atoms with Gasteiger partial charge in [0.15, 0.2) is 0 Å². The quantitative estimate of drug-likeness (QED) is 0.202. The van der Waals surface area contributed by atoms with Crippen molar-refractivity contribution in [3.8, 4) is 12.3 Å². The molecule has 1 heterocycles. The average Bonchev–Trinajstić information content (AvgIpc) is 3.15. The Morgan fingerprint density at radius 2 is 2.00 bits per heavy atom. The van der Waals surface area contributed by atoms with Crippen molar-refractivity contribution in [2.45, 2.75) is 73.1 Å². The van der Waals surface area contributed by atoms with E-state index in [-0.39, 0.29) is 0 Å². The third kappa shape index (κ3) is 7.43.